The number of carbonyl (C=O) groups is 1. The average Bonchev–Trinajstić information content (AvgIpc) is 3.32. The van der Waals surface area contributed by atoms with Crippen molar-refractivity contribution in [1.82, 2.24) is 30.0 Å². The predicted octanol–water partition coefficient (Wildman–Crippen LogP) is 2.03. The summed E-state index contributed by atoms with van der Waals surface area (Å²) in [6, 6.07) is 13.1. The third kappa shape index (κ3) is 5.21. The highest BCUT2D eigenvalue weighted by Crippen LogP contribution is 2.16. The lowest BCUT2D eigenvalue weighted by Gasteiger charge is -2.41. The molecule has 1 aliphatic rings. The number of nitrogens with zero attached hydrogens (tertiary/aromatic N) is 6. The molecule has 8 heteroatoms. The van der Waals surface area contributed by atoms with Crippen LogP contribution in [-0.2, 0) is 6.54 Å². The summed E-state index contributed by atoms with van der Waals surface area (Å²) in [6.45, 7) is 4.33. The first kappa shape index (κ1) is 20.0. The van der Waals surface area contributed by atoms with E-state index in [0.29, 0.717) is 11.5 Å². The van der Waals surface area contributed by atoms with Crippen molar-refractivity contribution in [1.29, 1.82) is 0 Å². The number of rotatable bonds is 8. The van der Waals surface area contributed by atoms with E-state index in [1.54, 1.807) is 18.5 Å². The van der Waals surface area contributed by atoms with Crippen LogP contribution >= 0.6 is 0 Å². The molecule has 1 saturated heterocycles. The minimum atomic E-state index is -0.181. The Morgan fingerprint density at radius 1 is 0.967 bits per heavy atom. The second kappa shape index (κ2) is 9.98. The van der Waals surface area contributed by atoms with Crippen LogP contribution in [0.3, 0.4) is 0 Å². The maximum absolute atomic E-state index is 12.8. The summed E-state index contributed by atoms with van der Waals surface area (Å²) in [5.41, 5.74) is 0.655. The molecule has 1 unspecified atom stereocenters. The van der Waals surface area contributed by atoms with Crippen molar-refractivity contribution in [3.05, 3.63) is 72.8 Å². The fourth-order valence-corrected chi connectivity index (χ4v) is 3.71. The number of hydrogen-bond donors (Lipinski definition) is 1. The molecule has 30 heavy (non-hydrogen) atoms. The number of aryl methyl sites for hydroxylation is 1. The van der Waals surface area contributed by atoms with Gasteiger partial charge in [-0.05, 0) is 43.7 Å². The monoisotopic (exact) mass is 405 g/mol. The SMILES string of the molecule is O=C(NC1CN(CCCCn2cccn2)CCN1c1ncccn1)c1ccccc1. The molecule has 156 valence electrons. The van der Waals surface area contributed by atoms with E-state index in [0.717, 1.165) is 45.6 Å². The quantitative estimate of drug-likeness (QED) is 0.578. The van der Waals surface area contributed by atoms with Gasteiger partial charge in [0.15, 0.2) is 0 Å². The van der Waals surface area contributed by atoms with Gasteiger partial charge < -0.3 is 10.2 Å². The Bertz CT molecular complexity index is 902. The minimum absolute atomic E-state index is 0.0814. The molecule has 4 rings (SSSR count). The minimum Gasteiger partial charge on any atom is -0.331 e. The average molecular weight is 406 g/mol. The third-order valence-electron chi connectivity index (χ3n) is 5.28. The van der Waals surface area contributed by atoms with Gasteiger partial charge in [-0.25, -0.2) is 9.97 Å². The molecule has 1 amide bonds. The molecular formula is C22H27N7O. The van der Waals surface area contributed by atoms with Gasteiger partial charge in [-0.3, -0.25) is 14.4 Å². The van der Waals surface area contributed by atoms with Crippen LogP contribution in [0.2, 0.25) is 0 Å². The van der Waals surface area contributed by atoms with Crippen LogP contribution < -0.4 is 10.2 Å². The standard InChI is InChI=1S/C22H27N7O/c30-21(19-8-2-1-3-9-19)26-20-18-27(13-4-5-14-28-15-7-12-25-28)16-17-29(20)22-23-10-6-11-24-22/h1-3,6-12,15,20H,4-5,13-14,16-18H2,(H,26,30). The van der Waals surface area contributed by atoms with Crippen LogP contribution in [0.15, 0.2) is 67.3 Å². The van der Waals surface area contributed by atoms with Crippen LogP contribution in [0.25, 0.3) is 0 Å². The van der Waals surface area contributed by atoms with Crippen molar-refractivity contribution in [3.8, 4) is 0 Å². The lowest BCUT2D eigenvalue weighted by Crippen LogP contribution is -2.61. The number of piperazine rings is 1. The molecule has 3 heterocycles. The van der Waals surface area contributed by atoms with Crippen LogP contribution in [-0.4, -0.2) is 62.9 Å². The van der Waals surface area contributed by atoms with E-state index < -0.39 is 0 Å². The van der Waals surface area contributed by atoms with Gasteiger partial charge in [-0.2, -0.15) is 5.10 Å². The first-order chi connectivity index (χ1) is 14.8. The molecule has 0 saturated carbocycles. The lowest BCUT2D eigenvalue weighted by atomic mass is 10.2. The van der Waals surface area contributed by atoms with Gasteiger partial charge in [-0.15, -0.1) is 0 Å². The Kier molecular flexibility index (Phi) is 6.66. The Morgan fingerprint density at radius 2 is 1.77 bits per heavy atom. The first-order valence-corrected chi connectivity index (χ1v) is 10.4. The number of hydrogen-bond acceptors (Lipinski definition) is 6. The first-order valence-electron chi connectivity index (χ1n) is 10.4. The highest BCUT2D eigenvalue weighted by Gasteiger charge is 2.29. The molecule has 0 bridgehead atoms. The summed E-state index contributed by atoms with van der Waals surface area (Å²) in [7, 11) is 0. The number of aromatic nitrogens is 4. The van der Waals surface area contributed by atoms with E-state index >= 15 is 0 Å². The zero-order valence-corrected chi connectivity index (χ0v) is 17.0. The van der Waals surface area contributed by atoms with E-state index in [1.807, 2.05) is 53.5 Å². The number of amides is 1. The highest BCUT2D eigenvalue weighted by atomic mass is 16.1. The van der Waals surface area contributed by atoms with Crippen LogP contribution in [0.1, 0.15) is 23.2 Å². The summed E-state index contributed by atoms with van der Waals surface area (Å²) in [4.78, 5) is 26.1. The maximum atomic E-state index is 12.8. The molecule has 1 atom stereocenters. The van der Waals surface area contributed by atoms with Gasteiger partial charge in [0.25, 0.3) is 5.91 Å². The van der Waals surface area contributed by atoms with Crippen molar-refractivity contribution in [2.75, 3.05) is 31.1 Å². The maximum Gasteiger partial charge on any atom is 0.252 e. The van der Waals surface area contributed by atoms with Crippen LogP contribution in [0.4, 0.5) is 5.95 Å². The number of unbranched alkanes of at least 4 members (excludes halogenated alkanes) is 1. The summed E-state index contributed by atoms with van der Waals surface area (Å²) >= 11 is 0. The van der Waals surface area contributed by atoms with Gasteiger partial charge in [-0.1, -0.05) is 18.2 Å². The van der Waals surface area contributed by atoms with Crippen molar-refractivity contribution < 1.29 is 4.79 Å². The number of carbonyl (C=O) groups excluding carboxylic acids is 1. The molecular weight excluding hydrogens is 378 g/mol. The van der Waals surface area contributed by atoms with Crippen LogP contribution in [0.5, 0.6) is 0 Å². The Labute approximate surface area is 176 Å². The third-order valence-corrected chi connectivity index (χ3v) is 5.28. The van der Waals surface area contributed by atoms with Gasteiger partial charge in [0.2, 0.25) is 5.95 Å². The zero-order chi connectivity index (χ0) is 20.6. The van der Waals surface area contributed by atoms with E-state index in [4.69, 9.17) is 0 Å². The van der Waals surface area contributed by atoms with Crippen molar-refractivity contribution >= 4 is 11.9 Å². The molecule has 0 spiro atoms. The van der Waals surface area contributed by atoms with E-state index in [-0.39, 0.29) is 12.1 Å². The van der Waals surface area contributed by atoms with Crippen molar-refractivity contribution in [2.24, 2.45) is 0 Å². The fourth-order valence-electron chi connectivity index (χ4n) is 3.71. The highest BCUT2D eigenvalue weighted by molar-refractivity contribution is 5.94. The molecule has 3 aromatic rings. The van der Waals surface area contributed by atoms with E-state index in [2.05, 4.69) is 30.2 Å². The molecule has 2 aromatic heterocycles. The number of anilines is 1. The largest absolute Gasteiger partial charge is 0.331 e. The topological polar surface area (TPSA) is 79.2 Å². The summed E-state index contributed by atoms with van der Waals surface area (Å²) < 4.78 is 1.97. The zero-order valence-electron chi connectivity index (χ0n) is 17.0. The summed E-state index contributed by atoms with van der Waals surface area (Å²) in [5.74, 6) is 0.566. The van der Waals surface area contributed by atoms with E-state index in [9.17, 15) is 4.79 Å². The molecule has 1 N–H and O–H groups in total. The Morgan fingerprint density at radius 3 is 2.53 bits per heavy atom. The van der Waals surface area contributed by atoms with Gasteiger partial charge in [0.05, 0.1) is 0 Å². The van der Waals surface area contributed by atoms with E-state index in [1.165, 1.54) is 0 Å². The fraction of sp³-hybridized carbons (Fsp3) is 0.364. The Balaban J connectivity index is 1.37. The normalized spacial score (nSPS) is 17.1. The lowest BCUT2D eigenvalue weighted by molar-refractivity contribution is 0.0909. The van der Waals surface area contributed by atoms with Gasteiger partial charge in [0, 0.05) is 56.5 Å². The number of nitrogens with one attached hydrogen (secondary N) is 1. The molecule has 1 fully saturated rings. The van der Waals surface area contributed by atoms with Crippen LogP contribution in [0, 0.1) is 0 Å². The molecule has 0 aliphatic carbocycles. The Hall–Kier alpha value is -3.26. The summed E-state index contributed by atoms with van der Waals surface area (Å²) in [5, 5.41) is 7.43. The molecule has 8 nitrogen and oxygen atoms in total. The van der Waals surface area contributed by atoms with Gasteiger partial charge >= 0.3 is 0 Å². The van der Waals surface area contributed by atoms with Crippen molar-refractivity contribution in [3.63, 3.8) is 0 Å². The molecule has 1 aliphatic heterocycles. The summed E-state index contributed by atoms with van der Waals surface area (Å²) in [6.07, 6.45) is 9.25. The molecule has 1 aromatic carbocycles. The smallest absolute Gasteiger partial charge is 0.252 e. The van der Waals surface area contributed by atoms with Gasteiger partial charge in [0.1, 0.15) is 6.17 Å². The number of benzene rings is 1. The molecule has 0 radical (unpaired) electrons. The predicted molar refractivity (Wildman–Crippen MR) is 115 cm³/mol. The second-order valence-corrected chi connectivity index (χ2v) is 7.37. The van der Waals surface area contributed by atoms with Crippen molar-refractivity contribution in [2.45, 2.75) is 25.6 Å². The second-order valence-electron chi connectivity index (χ2n) is 7.37.